The molecule has 0 radical (unpaired) electrons. The molecule has 1 aromatic rings. The number of pyridine rings is 2. The van der Waals surface area contributed by atoms with E-state index in [1.54, 1.807) is 37.5 Å². The summed E-state index contributed by atoms with van der Waals surface area (Å²) in [7, 11) is 0. The molecule has 0 fully saturated rings. The van der Waals surface area contributed by atoms with Gasteiger partial charge in [-0.1, -0.05) is 17.7 Å². The van der Waals surface area contributed by atoms with Crippen LogP contribution in [0.1, 0.15) is 22.8 Å². The van der Waals surface area contributed by atoms with Crippen molar-refractivity contribution in [2.75, 3.05) is 6.61 Å². The van der Waals surface area contributed by atoms with Gasteiger partial charge in [-0.2, -0.15) is 0 Å². The number of esters is 1. The summed E-state index contributed by atoms with van der Waals surface area (Å²) in [6.07, 6.45) is 3.45. The standard InChI is InChI=1S/C16H14ClN3O3/c1-2-23-16(22)13-14-11(19-15(13)21)4-3-7-20(14)9-10-5-6-12(17)18-8-10/h3-8H,2,9H2,1H3,(H,19,21). The molecular formula is C16H14ClN3O3. The number of H-pyrrole nitrogens is 1. The minimum atomic E-state index is -0.627. The van der Waals surface area contributed by atoms with Crippen molar-refractivity contribution in [2.45, 2.75) is 13.5 Å². The smallest absolute Gasteiger partial charge is 0.346 e. The molecule has 0 spiro atoms. The second kappa shape index (κ2) is 6.26. The van der Waals surface area contributed by atoms with Crippen LogP contribution in [0.25, 0.3) is 11.4 Å². The van der Waals surface area contributed by atoms with E-state index in [4.69, 9.17) is 16.3 Å². The molecular weight excluding hydrogens is 318 g/mol. The molecule has 0 atom stereocenters. The number of fused-ring (bicyclic) bond motifs is 1. The number of aromatic nitrogens is 3. The molecule has 1 N–H and O–H groups in total. The first kappa shape index (κ1) is 15.3. The van der Waals surface area contributed by atoms with Gasteiger partial charge >= 0.3 is 5.97 Å². The molecule has 23 heavy (non-hydrogen) atoms. The SMILES string of the molecule is CCOC(=O)c1c2n(Cc3ccc(Cl)nc3)cccc-2[nH]c1=O. The Morgan fingerprint density at radius 2 is 2.22 bits per heavy atom. The summed E-state index contributed by atoms with van der Waals surface area (Å²) in [5.74, 6) is -0.627. The molecule has 0 saturated heterocycles. The van der Waals surface area contributed by atoms with Gasteiger partial charge < -0.3 is 14.3 Å². The fraction of sp³-hybridized carbons (Fsp3) is 0.188. The fourth-order valence-corrected chi connectivity index (χ4v) is 2.56. The summed E-state index contributed by atoms with van der Waals surface area (Å²) >= 11 is 5.79. The van der Waals surface area contributed by atoms with Crippen LogP contribution >= 0.6 is 11.6 Å². The maximum absolute atomic E-state index is 12.1. The van der Waals surface area contributed by atoms with E-state index in [0.717, 1.165) is 5.56 Å². The van der Waals surface area contributed by atoms with Crippen LogP contribution in [-0.4, -0.2) is 27.1 Å². The zero-order valence-electron chi connectivity index (χ0n) is 12.4. The van der Waals surface area contributed by atoms with E-state index in [0.29, 0.717) is 23.1 Å². The largest absolute Gasteiger partial charge is 0.462 e. The summed E-state index contributed by atoms with van der Waals surface area (Å²) in [6, 6.07) is 7.09. The number of halogens is 1. The third kappa shape index (κ3) is 2.98. The highest BCUT2D eigenvalue weighted by atomic mass is 35.5. The summed E-state index contributed by atoms with van der Waals surface area (Å²) in [5, 5.41) is 0.410. The summed E-state index contributed by atoms with van der Waals surface area (Å²) < 4.78 is 6.80. The van der Waals surface area contributed by atoms with Crippen molar-refractivity contribution < 1.29 is 9.53 Å². The minimum Gasteiger partial charge on any atom is -0.462 e. The third-order valence-electron chi connectivity index (χ3n) is 3.40. The molecule has 2 aliphatic rings. The fourth-order valence-electron chi connectivity index (χ4n) is 2.44. The Morgan fingerprint density at radius 1 is 1.39 bits per heavy atom. The Kier molecular flexibility index (Phi) is 4.16. The second-order valence-electron chi connectivity index (χ2n) is 4.94. The van der Waals surface area contributed by atoms with Crippen molar-refractivity contribution in [3.8, 4) is 11.4 Å². The van der Waals surface area contributed by atoms with Crippen LogP contribution in [-0.2, 0) is 11.3 Å². The van der Waals surface area contributed by atoms with Crippen molar-refractivity contribution >= 4 is 17.6 Å². The quantitative estimate of drug-likeness (QED) is 0.588. The molecule has 6 nitrogen and oxygen atoms in total. The van der Waals surface area contributed by atoms with Gasteiger partial charge in [-0.15, -0.1) is 0 Å². The average Bonchev–Trinajstić information content (AvgIpc) is 2.87. The summed E-state index contributed by atoms with van der Waals surface area (Å²) in [5.41, 5.74) is 1.57. The zero-order valence-corrected chi connectivity index (χ0v) is 13.1. The molecule has 3 rings (SSSR count). The molecule has 118 valence electrons. The van der Waals surface area contributed by atoms with Gasteiger partial charge in [0, 0.05) is 18.9 Å². The van der Waals surface area contributed by atoms with Crippen LogP contribution in [0.5, 0.6) is 0 Å². The highest BCUT2D eigenvalue weighted by Crippen LogP contribution is 2.23. The lowest BCUT2D eigenvalue weighted by Gasteiger charge is -2.13. The summed E-state index contributed by atoms with van der Waals surface area (Å²) in [4.78, 5) is 30.9. The van der Waals surface area contributed by atoms with Crippen LogP contribution in [0.3, 0.4) is 0 Å². The molecule has 0 bridgehead atoms. The highest BCUT2D eigenvalue weighted by Gasteiger charge is 2.25. The van der Waals surface area contributed by atoms with Gasteiger partial charge in [0.2, 0.25) is 0 Å². The summed E-state index contributed by atoms with van der Waals surface area (Å²) in [6.45, 7) is 2.36. The van der Waals surface area contributed by atoms with Gasteiger partial charge in [-0.25, -0.2) is 9.78 Å². The zero-order chi connectivity index (χ0) is 16.4. The second-order valence-corrected chi connectivity index (χ2v) is 5.32. The monoisotopic (exact) mass is 331 g/mol. The molecule has 0 aromatic carbocycles. The highest BCUT2D eigenvalue weighted by molar-refractivity contribution is 6.29. The number of hydrogen-bond donors (Lipinski definition) is 1. The van der Waals surface area contributed by atoms with Crippen molar-refractivity contribution in [1.29, 1.82) is 0 Å². The van der Waals surface area contributed by atoms with Gasteiger partial charge in [0.15, 0.2) is 5.56 Å². The van der Waals surface area contributed by atoms with Crippen molar-refractivity contribution in [2.24, 2.45) is 0 Å². The minimum absolute atomic E-state index is 0.0179. The van der Waals surface area contributed by atoms with E-state index in [2.05, 4.69) is 9.97 Å². The molecule has 3 heterocycles. The molecule has 0 unspecified atom stereocenters. The Bertz CT molecular complexity index is 867. The van der Waals surface area contributed by atoms with Crippen molar-refractivity contribution in [3.05, 3.63) is 63.3 Å². The maximum Gasteiger partial charge on any atom is 0.346 e. The van der Waals surface area contributed by atoms with E-state index in [1.807, 2.05) is 10.6 Å². The Hall–Kier alpha value is -2.60. The van der Waals surface area contributed by atoms with Gasteiger partial charge in [-0.3, -0.25) is 4.79 Å². The van der Waals surface area contributed by atoms with E-state index in [1.165, 1.54) is 0 Å². The Morgan fingerprint density at radius 3 is 2.91 bits per heavy atom. The van der Waals surface area contributed by atoms with Crippen LogP contribution in [0.2, 0.25) is 5.15 Å². The lowest BCUT2D eigenvalue weighted by molar-refractivity contribution is 0.0525. The van der Waals surface area contributed by atoms with Crippen molar-refractivity contribution in [1.82, 2.24) is 14.5 Å². The first-order valence-corrected chi connectivity index (χ1v) is 7.46. The maximum atomic E-state index is 12.1. The van der Waals surface area contributed by atoms with Gasteiger partial charge in [0.25, 0.3) is 5.56 Å². The number of nitrogens with zero attached hydrogens (tertiary/aromatic N) is 2. The van der Waals surface area contributed by atoms with E-state index in [-0.39, 0.29) is 12.2 Å². The molecule has 7 heteroatoms. The number of carbonyl (C=O) groups excluding carboxylic acids is 1. The number of aromatic amines is 1. The predicted octanol–water partition coefficient (Wildman–Crippen LogP) is 2.55. The lowest BCUT2D eigenvalue weighted by atomic mass is 10.1. The van der Waals surface area contributed by atoms with Crippen LogP contribution in [0, 0.1) is 0 Å². The van der Waals surface area contributed by atoms with Gasteiger partial charge in [-0.05, 0) is 30.7 Å². The Balaban J connectivity index is 2.08. The van der Waals surface area contributed by atoms with Crippen molar-refractivity contribution in [3.63, 3.8) is 0 Å². The lowest BCUT2D eigenvalue weighted by Crippen LogP contribution is -2.17. The predicted molar refractivity (Wildman–Crippen MR) is 86.0 cm³/mol. The average molecular weight is 332 g/mol. The first-order chi connectivity index (χ1) is 11.1. The van der Waals surface area contributed by atoms with Crippen LogP contribution in [0.4, 0.5) is 0 Å². The normalized spacial score (nSPS) is 10.9. The molecule has 0 amide bonds. The number of rotatable bonds is 4. The number of hydrogen-bond acceptors (Lipinski definition) is 4. The third-order valence-corrected chi connectivity index (χ3v) is 3.63. The molecule has 1 aromatic heterocycles. The number of carbonyl (C=O) groups is 1. The number of ether oxygens (including phenoxy) is 1. The number of nitrogens with one attached hydrogen (secondary N) is 1. The van der Waals surface area contributed by atoms with Gasteiger partial charge in [0.05, 0.1) is 18.0 Å². The van der Waals surface area contributed by atoms with Crippen LogP contribution < -0.4 is 5.56 Å². The van der Waals surface area contributed by atoms with Crippen LogP contribution in [0.15, 0.2) is 41.5 Å². The first-order valence-electron chi connectivity index (χ1n) is 7.09. The van der Waals surface area contributed by atoms with E-state index in [9.17, 15) is 9.59 Å². The molecule has 0 saturated carbocycles. The van der Waals surface area contributed by atoms with E-state index < -0.39 is 11.5 Å². The Labute approximate surface area is 137 Å². The van der Waals surface area contributed by atoms with Gasteiger partial charge in [0.1, 0.15) is 5.15 Å². The topological polar surface area (TPSA) is 77.0 Å². The molecule has 0 aliphatic carbocycles. The molecule has 2 aliphatic heterocycles. The van der Waals surface area contributed by atoms with E-state index >= 15 is 0 Å².